The number of ether oxygens (including phenoxy) is 2. The number of aliphatic hydroxyl groups excluding tert-OH is 1. The molecule has 4 N–H and O–H groups in total. The number of methoxy groups -OCH3 is 1. The average Bonchev–Trinajstić information content (AvgIpc) is 3.20. The molecule has 0 radical (unpaired) electrons. The normalized spacial score (nSPS) is 19.9. The standard InChI is InChI=1S/C26H29BrN2O4/c1-32-23-13-29-14-24-25(23)26(31,16-33-24)22(12-28)21(15-30)20(18-5-3-2-4-6-18)11-17-7-9-19(27)10-8-17/h2-10,13-14,20-22,30-31H,11-12,15-16,28H2,1H3/t20-,21-,22+,26-/m1/s1. The Morgan fingerprint density at radius 1 is 1.15 bits per heavy atom. The zero-order chi connectivity index (χ0) is 23.4. The molecule has 0 spiro atoms. The van der Waals surface area contributed by atoms with Crippen molar-refractivity contribution in [3.05, 3.63) is 88.2 Å². The Hall–Kier alpha value is -2.45. The van der Waals surface area contributed by atoms with E-state index < -0.39 is 11.5 Å². The first-order chi connectivity index (χ1) is 16.0. The molecule has 6 nitrogen and oxygen atoms in total. The van der Waals surface area contributed by atoms with Crippen molar-refractivity contribution in [2.24, 2.45) is 17.6 Å². The molecule has 0 fully saturated rings. The van der Waals surface area contributed by atoms with Crippen LogP contribution in [0.2, 0.25) is 0 Å². The summed E-state index contributed by atoms with van der Waals surface area (Å²) in [5.41, 5.74) is 7.65. The molecule has 7 heteroatoms. The lowest BCUT2D eigenvalue weighted by molar-refractivity contribution is -0.0713. The number of hydrogen-bond acceptors (Lipinski definition) is 6. The first-order valence-corrected chi connectivity index (χ1v) is 11.8. The zero-order valence-electron chi connectivity index (χ0n) is 18.5. The van der Waals surface area contributed by atoms with Gasteiger partial charge in [-0.05, 0) is 48.1 Å². The highest BCUT2D eigenvalue weighted by Crippen LogP contribution is 2.50. The summed E-state index contributed by atoms with van der Waals surface area (Å²) < 4.78 is 12.3. The van der Waals surface area contributed by atoms with Crippen LogP contribution in [0.5, 0.6) is 11.5 Å². The van der Waals surface area contributed by atoms with Crippen molar-refractivity contribution in [2.75, 3.05) is 26.9 Å². The first kappa shape index (κ1) is 23.7. The van der Waals surface area contributed by atoms with E-state index in [4.69, 9.17) is 15.2 Å². The SMILES string of the molecule is COc1cncc2c1[C@](O)([C@@H](CN)[C@H](CO)[C@H](Cc1ccc(Br)cc1)c1ccccc1)CO2. The summed E-state index contributed by atoms with van der Waals surface area (Å²) in [6, 6.07) is 18.3. The van der Waals surface area contributed by atoms with E-state index in [9.17, 15) is 10.2 Å². The topological polar surface area (TPSA) is 97.8 Å². The summed E-state index contributed by atoms with van der Waals surface area (Å²) in [6.45, 7) is 0.0607. The summed E-state index contributed by atoms with van der Waals surface area (Å²) in [5, 5.41) is 22.7. The molecular formula is C26H29BrN2O4. The maximum Gasteiger partial charge on any atom is 0.147 e. The molecular weight excluding hydrogens is 484 g/mol. The van der Waals surface area contributed by atoms with Crippen LogP contribution in [0.25, 0.3) is 0 Å². The Balaban J connectivity index is 1.77. The van der Waals surface area contributed by atoms with Gasteiger partial charge in [0.1, 0.15) is 23.7 Å². The summed E-state index contributed by atoms with van der Waals surface area (Å²) in [4.78, 5) is 4.14. The van der Waals surface area contributed by atoms with Gasteiger partial charge < -0.3 is 25.4 Å². The van der Waals surface area contributed by atoms with Crippen LogP contribution in [0.1, 0.15) is 22.6 Å². The van der Waals surface area contributed by atoms with Gasteiger partial charge in [-0.2, -0.15) is 0 Å². The maximum absolute atomic E-state index is 12.0. The van der Waals surface area contributed by atoms with Crippen LogP contribution in [0.15, 0.2) is 71.5 Å². The predicted octanol–water partition coefficient (Wildman–Crippen LogP) is 3.64. The van der Waals surface area contributed by atoms with Crippen molar-refractivity contribution in [1.82, 2.24) is 4.98 Å². The largest absolute Gasteiger partial charge is 0.495 e. The second-order valence-electron chi connectivity index (χ2n) is 8.46. The Morgan fingerprint density at radius 2 is 1.88 bits per heavy atom. The number of pyridine rings is 1. The summed E-state index contributed by atoms with van der Waals surface area (Å²) in [6.07, 6.45) is 3.83. The number of hydrogen-bond donors (Lipinski definition) is 3. The number of halogens is 1. The van der Waals surface area contributed by atoms with E-state index >= 15 is 0 Å². The quantitative estimate of drug-likeness (QED) is 0.404. The lowest BCUT2D eigenvalue weighted by Gasteiger charge is -2.40. The van der Waals surface area contributed by atoms with Gasteiger partial charge in [0, 0.05) is 17.0 Å². The van der Waals surface area contributed by atoms with Gasteiger partial charge in [0.15, 0.2) is 0 Å². The highest BCUT2D eigenvalue weighted by atomic mass is 79.9. The third kappa shape index (κ3) is 4.64. The van der Waals surface area contributed by atoms with Gasteiger partial charge >= 0.3 is 0 Å². The Labute approximate surface area is 202 Å². The molecule has 33 heavy (non-hydrogen) atoms. The van der Waals surface area contributed by atoms with E-state index in [1.807, 2.05) is 30.3 Å². The van der Waals surface area contributed by atoms with Gasteiger partial charge in [-0.3, -0.25) is 4.98 Å². The molecule has 174 valence electrons. The van der Waals surface area contributed by atoms with Crippen LogP contribution in [0, 0.1) is 11.8 Å². The number of nitrogens with two attached hydrogens (primary N) is 1. The van der Waals surface area contributed by atoms with E-state index in [2.05, 4.69) is 45.2 Å². The summed E-state index contributed by atoms with van der Waals surface area (Å²) in [7, 11) is 1.54. The molecule has 2 aromatic carbocycles. The highest BCUT2D eigenvalue weighted by molar-refractivity contribution is 9.10. The minimum atomic E-state index is -1.42. The van der Waals surface area contributed by atoms with Crippen LogP contribution in [0.4, 0.5) is 0 Å². The molecule has 2 heterocycles. The van der Waals surface area contributed by atoms with Crippen molar-refractivity contribution in [3.63, 3.8) is 0 Å². The first-order valence-electron chi connectivity index (χ1n) is 11.0. The molecule has 0 bridgehead atoms. The number of aromatic nitrogens is 1. The van der Waals surface area contributed by atoms with Gasteiger partial charge in [-0.1, -0.05) is 58.4 Å². The van der Waals surface area contributed by atoms with Gasteiger partial charge in [0.05, 0.1) is 25.1 Å². The smallest absolute Gasteiger partial charge is 0.147 e. The van der Waals surface area contributed by atoms with Crippen molar-refractivity contribution >= 4 is 15.9 Å². The third-order valence-electron chi connectivity index (χ3n) is 6.69. The van der Waals surface area contributed by atoms with E-state index in [0.29, 0.717) is 23.5 Å². The fraction of sp³-hybridized carbons (Fsp3) is 0.346. The van der Waals surface area contributed by atoms with Crippen molar-refractivity contribution in [2.45, 2.75) is 17.9 Å². The molecule has 4 rings (SSSR count). The lowest BCUT2D eigenvalue weighted by Crippen LogP contribution is -2.48. The van der Waals surface area contributed by atoms with Gasteiger partial charge in [0.25, 0.3) is 0 Å². The third-order valence-corrected chi connectivity index (χ3v) is 7.21. The molecule has 0 amide bonds. The zero-order valence-corrected chi connectivity index (χ0v) is 20.1. The Morgan fingerprint density at radius 3 is 2.52 bits per heavy atom. The molecule has 1 aliphatic heterocycles. The fourth-order valence-corrected chi connectivity index (χ4v) is 5.28. The molecule has 0 saturated heterocycles. The molecule has 4 atom stereocenters. The van der Waals surface area contributed by atoms with Crippen LogP contribution >= 0.6 is 15.9 Å². The second kappa shape index (κ2) is 10.2. The Bertz CT molecular complexity index is 1060. The van der Waals surface area contributed by atoms with Crippen LogP contribution in [-0.4, -0.2) is 42.1 Å². The minimum absolute atomic E-state index is 0.0303. The predicted molar refractivity (Wildman–Crippen MR) is 130 cm³/mol. The molecule has 1 aromatic heterocycles. The van der Waals surface area contributed by atoms with Crippen LogP contribution in [-0.2, 0) is 12.0 Å². The van der Waals surface area contributed by atoms with E-state index in [1.165, 1.54) is 7.11 Å². The highest BCUT2D eigenvalue weighted by Gasteiger charge is 2.51. The number of nitrogens with zero attached hydrogens (tertiary/aromatic N) is 1. The maximum atomic E-state index is 12.0. The molecule has 1 aliphatic rings. The van der Waals surface area contributed by atoms with Gasteiger partial charge in [0.2, 0.25) is 0 Å². The van der Waals surface area contributed by atoms with Gasteiger partial charge in [-0.15, -0.1) is 0 Å². The van der Waals surface area contributed by atoms with Crippen molar-refractivity contribution in [3.8, 4) is 11.5 Å². The van der Waals surface area contributed by atoms with E-state index in [-0.39, 0.29) is 31.6 Å². The number of fused-ring (bicyclic) bond motifs is 1. The van der Waals surface area contributed by atoms with Crippen LogP contribution < -0.4 is 15.2 Å². The lowest BCUT2D eigenvalue weighted by atomic mass is 9.67. The summed E-state index contributed by atoms with van der Waals surface area (Å²) in [5.74, 6) is 0.0361. The Kier molecular flexibility index (Phi) is 7.34. The van der Waals surface area contributed by atoms with Crippen molar-refractivity contribution in [1.29, 1.82) is 0 Å². The van der Waals surface area contributed by atoms with Gasteiger partial charge in [-0.25, -0.2) is 0 Å². The van der Waals surface area contributed by atoms with E-state index in [1.54, 1.807) is 12.4 Å². The molecule has 3 aromatic rings. The summed E-state index contributed by atoms with van der Waals surface area (Å²) >= 11 is 3.49. The average molecular weight is 513 g/mol. The fourth-order valence-electron chi connectivity index (χ4n) is 5.02. The van der Waals surface area contributed by atoms with Crippen molar-refractivity contribution < 1.29 is 19.7 Å². The monoisotopic (exact) mass is 512 g/mol. The van der Waals surface area contributed by atoms with E-state index in [0.717, 1.165) is 15.6 Å². The number of rotatable bonds is 9. The second-order valence-corrected chi connectivity index (χ2v) is 9.38. The molecule has 0 saturated carbocycles. The molecule has 0 aliphatic carbocycles. The number of benzene rings is 2. The minimum Gasteiger partial charge on any atom is -0.495 e. The van der Waals surface area contributed by atoms with Crippen LogP contribution in [0.3, 0.4) is 0 Å². The number of aliphatic hydroxyl groups is 2. The molecule has 0 unspecified atom stereocenters.